The number of aryl methyl sites for hydroxylation is 1. The monoisotopic (exact) mass is 537 g/mol. The molecule has 7 nitrogen and oxygen atoms in total. The van der Waals surface area contributed by atoms with Gasteiger partial charge in [0, 0.05) is 30.1 Å². The molecule has 0 bridgehead atoms. The third-order valence-electron chi connectivity index (χ3n) is 7.06. The van der Waals surface area contributed by atoms with Crippen LogP contribution in [-0.2, 0) is 17.9 Å². The Balaban J connectivity index is 1.36. The van der Waals surface area contributed by atoms with E-state index in [1.54, 1.807) is 51.5 Å². The fraction of sp³-hybridized carbons (Fsp3) is 0.379. The molecule has 0 unspecified atom stereocenters. The van der Waals surface area contributed by atoms with Gasteiger partial charge in [-0.15, -0.1) is 11.3 Å². The summed E-state index contributed by atoms with van der Waals surface area (Å²) in [5, 5.41) is 2.01. The van der Waals surface area contributed by atoms with E-state index in [1.165, 1.54) is 12.1 Å². The number of likely N-dealkylation sites (tertiary alicyclic amines) is 1. The molecule has 0 spiro atoms. The van der Waals surface area contributed by atoms with Gasteiger partial charge in [0.2, 0.25) is 12.7 Å². The lowest BCUT2D eigenvalue weighted by atomic mass is 10.1. The zero-order chi connectivity index (χ0) is 26.5. The third kappa shape index (κ3) is 6.34. The van der Waals surface area contributed by atoms with Crippen LogP contribution in [0.3, 0.4) is 0 Å². The summed E-state index contributed by atoms with van der Waals surface area (Å²) in [6, 6.07) is 13.4. The van der Waals surface area contributed by atoms with Crippen molar-refractivity contribution in [3.05, 3.63) is 81.3 Å². The van der Waals surface area contributed by atoms with Gasteiger partial charge in [0.15, 0.2) is 11.5 Å². The van der Waals surface area contributed by atoms with E-state index in [0.717, 1.165) is 41.9 Å². The number of benzene rings is 2. The van der Waals surface area contributed by atoms with Crippen molar-refractivity contribution in [2.75, 3.05) is 39.5 Å². The van der Waals surface area contributed by atoms with E-state index in [4.69, 9.17) is 9.47 Å². The van der Waals surface area contributed by atoms with Crippen LogP contribution in [0.2, 0.25) is 0 Å². The molecule has 3 aromatic rings. The molecule has 3 heterocycles. The van der Waals surface area contributed by atoms with Gasteiger partial charge in [0.25, 0.3) is 5.91 Å². The molecule has 1 fully saturated rings. The number of fused-ring (bicyclic) bond motifs is 1. The summed E-state index contributed by atoms with van der Waals surface area (Å²) in [6.45, 7) is 6.04. The standard InChI is InChI=1S/C29H32FN3O4S/c1-21-10-15-38-27(21)18-33(17-22-4-7-24(30)8-5-22)28(34)19-32(14-13-31-11-2-3-12-31)29(35)23-6-9-25-26(16-23)37-20-36-25/h4-10,15-16H,2-3,11-14,17-20H2,1H3. The first-order valence-corrected chi connectivity index (χ1v) is 13.8. The largest absolute Gasteiger partial charge is 0.454 e. The summed E-state index contributed by atoms with van der Waals surface area (Å²) >= 11 is 1.60. The maximum Gasteiger partial charge on any atom is 0.254 e. The van der Waals surface area contributed by atoms with Crippen molar-refractivity contribution in [1.29, 1.82) is 0 Å². The van der Waals surface area contributed by atoms with Crippen molar-refractivity contribution >= 4 is 23.2 Å². The number of carbonyl (C=O) groups excluding carboxylic acids is 2. The van der Waals surface area contributed by atoms with Crippen LogP contribution in [0.1, 0.15) is 39.2 Å². The summed E-state index contributed by atoms with van der Waals surface area (Å²) in [4.78, 5) is 34.3. The molecule has 9 heteroatoms. The van der Waals surface area contributed by atoms with E-state index in [0.29, 0.717) is 43.2 Å². The highest BCUT2D eigenvalue weighted by Crippen LogP contribution is 2.33. The van der Waals surface area contributed by atoms with Crippen molar-refractivity contribution in [2.45, 2.75) is 32.9 Å². The Kier molecular flexibility index (Phi) is 8.24. The predicted molar refractivity (Wildman–Crippen MR) is 144 cm³/mol. The Hall–Kier alpha value is -3.43. The quantitative estimate of drug-likeness (QED) is 0.376. The molecule has 5 rings (SSSR count). The lowest BCUT2D eigenvalue weighted by Crippen LogP contribution is -2.45. The molecule has 1 saturated heterocycles. The number of halogens is 1. The minimum Gasteiger partial charge on any atom is -0.454 e. The van der Waals surface area contributed by atoms with Crippen LogP contribution in [-0.4, -0.2) is 66.0 Å². The van der Waals surface area contributed by atoms with Crippen LogP contribution in [0.15, 0.2) is 53.9 Å². The van der Waals surface area contributed by atoms with E-state index in [9.17, 15) is 14.0 Å². The van der Waals surface area contributed by atoms with E-state index < -0.39 is 0 Å². The zero-order valence-electron chi connectivity index (χ0n) is 21.5. The first kappa shape index (κ1) is 26.2. The highest BCUT2D eigenvalue weighted by molar-refractivity contribution is 7.10. The molecule has 1 aromatic heterocycles. The summed E-state index contributed by atoms with van der Waals surface area (Å²) < 4.78 is 24.4. The van der Waals surface area contributed by atoms with Gasteiger partial charge in [-0.05, 0) is 85.8 Å². The minimum atomic E-state index is -0.317. The Bertz CT molecular complexity index is 1270. The summed E-state index contributed by atoms with van der Waals surface area (Å²) in [6.07, 6.45) is 2.31. The van der Waals surface area contributed by atoms with Crippen LogP contribution in [0.4, 0.5) is 4.39 Å². The van der Waals surface area contributed by atoms with Gasteiger partial charge in [-0.3, -0.25) is 9.59 Å². The lowest BCUT2D eigenvalue weighted by Gasteiger charge is -2.29. The molecule has 38 heavy (non-hydrogen) atoms. The number of carbonyl (C=O) groups is 2. The van der Waals surface area contributed by atoms with Crippen molar-refractivity contribution in [3.63, 3.8) is 0 Å². The van der Waals surface area contributed by atoms with Gasteiger partial charge < -0.3 is 24.2 Å². The molecule has 0 N–H and O–H groups in total. The molecule has 2 aliphatic rings. The Labute approximate surface area is 226 Å². The number of hydrogen-bond acceptors (Lipinski definition) is 6. The van der Waals surface area contributed by atoms with Crippen LogP contribution >= 0.6 is 11.3 Å². The number of rotatable bonds is 10. The first-order valence-electron chi connectivity index (χ1n) is 12.9. The molecule has 0 saturated carbocycles. The lowest BCUT2D eigenvalue weighted by molar-refractivity contribution is -0.133. The highest BCUT2D eigenvalue weighted by atomic mass is 32.1. The fourth-order valence-electron chi connectivity index (χ4n) is 4.78. The van der Waals surface area contributed by atoms with Gasteiger partial charge in [0.1, 0.15) is 12.4 Å². The number of thiophene rings is 1. The molecule has 0 radical (unpaired) electrons. The second-order valence-corrected chi connectivity index (χ2v) is 10.7. The second kappa shape index (κ2) is 12.0. The van der Waals surface area contributed by atoms with Gasteiger partial charge in [-0.25, -0.2) is 4.39 Å². The second-order valence-electron chi connectivity index (χ2n) is 9.75. The van der Waals surface area contributed by atoms with Crippen LogP contribution in [0, 0.1) is 12.7 Å². The molecule has 2 aliphatic heterocycles. The van der Waals surface area contributed by atoms with Crippen LogP contribution in [0.25, 0.3) is 0 Å². The predicted octanol–water partition coefficient (Wildman–Crippen LogP) is 4.69. The van der Waals surface area contributed by atoms with Crippen molar-refractivity contribution < 1.29 is 23.5 Å². The fourth-order valence-corrected chi connectivity index (χ4v) is 5.70. The van der Waals surface area contributed by atoms with E-state index in [2.05, 4.69) is 4.90 Å². The average molecular weight is 538 g/mol. The summed E-state index contributed by atoms with van der Waals surface area (Å²) in [7, 11) is 0. The maximum atomic E-state index is 13.8. The van der Waals surface area contributed by atoms with Crippen molar-refractivity contribution in [1.82, 2.24) is 14.7 Å². The Morgan fingerprint density at radius 1 is 0.974 bits per heavy atom. The number of amides is 2. The van der Waals surface area contributed by atoms with E-state index in [1.807, 2.05) is 18.4 Å². The van der Waals surface area contributed by atoms with Gasteiger partial charge >= 0.3 is 0 Å². The highest BCUT2D eigenvalue weighted by Gasteiger charge is 2.26. The van der Waals surface area contributed by atoms with Crippen LogP contribution < -0.4 is 9.47 Å². The van der Waals surface area contributed by atoms with Crippen molar-refractivity contribution in [2.24, 2.45) is 0 Å². The smallest absolute Gasteiger partial charge is 0.254 e. The molecule has 2 aromatic carbocycles. The molecule has 0 atom stereocenters. The Morgan fingerprint density at radius 2 is 1.74 bits per heavy atom. The molecule has 0 aliphatic carbocycles. The molecule has 2 amide bonds. The third-order valence-corrected chi connectivity index (χ3v) is 8.07. The summed E-state index contributed by atoms with van der Waals surface area (Å²) in [5.74, 6) is 0.455. The number of hydrogen-bond donors (Lipinski definition) is 0. The normalized spacial score (nSPS) is 14.6. The van der Waals surface area contributed by atoms with E-state index >= 15 is 0 Å². The van der Waals surface area contributed by atoms with Crippen LogP contribution in [0.5, 0.6) is 11.5 Å². The summed E-state index contributed by atoms with van der Waals surface area (Å²) in [5.41, 5.74) is 2.41. The van der Waals surface area contributed by atoms with Gasteiger partial charge in [0.05, 0.1) is 6.54 Å². The van der Waals surface area contributed by atoms with Crippen molar-refractivity contribution in [3.8, 4) is 11.5 Å². The Morgan fingerprint density at radius 3 is 2.47 bits per heavy atom. The van der Waals surface area contributed by atoms with Gasteiger partial charge in [-0.2, -0.15) is 0 Å². The molecular weight excluding hydrogens is 505 g/mol. The molecule has 200 valence electrons. The SMILES string of the molecule is Cc1ccsc1CN(Cc1ccc(F)cc1)C(=O)CN(CCN1CCCC1)C(=O)c1ccc2c(c1)OCO2. The minimum absolute atomic E-state index is 0.0489. The average Bonchev–Trinajstić information content (AvgIpc) is 3.69. The zero-order valence-corrected chi connectivity index (χ0v) is 22.3. The van der Waals surface area contributed by atoms with E-state index in [-0.39, 0.29) is 31.0 Å². The number of nitrogens with zero attached hydrogens (tertiary/aromatic N) is 3. The molecular formula is C29H32FN3O4S. The van der Waals surface area contributed by atoms with Gasteiger partial charge in [-0.1, -0.05) is 12.1 Å². The maximum absolute atomic E-state index is 13.8. The topological polar surface area (TPSA) is 62.3 Å². The first-order chi connectivity index (χ1) is 18.5. The number of ether oxygens (including phenoxy) is 2.